The summed E-state index contributed by atoms with van der Waals surface area (Å²) in [6.07, 6.45) is 5.20. The van der Waals surface area contributed by atoms with E-state index < -0.39 is 0 Å². The minimum Gasteiger partial charge on any atom is -0.494 e. The fraction of sp³-hybridized carbons (Fsp3) is 0.304. The zero-order valence-corrected chi connectivity index (χ0v) is 17.3. The normalized spacial score (nSPS) is 11.7. The number of hydrogen-bond donors (Lipinski definition) is 0. The van der Waals surface area contributed by atoms with Crippen LogP contribution in [0.25, 0.3) is 10.2 Å². The molecule has 1 amide bonds. The molecule has 28 heavy (non-hydrogen) atoms. The highest BCUT2D eigenvalue weighted by atomic mass is 32.1. The van der Waals surface area contributed by atoms with Crippen LogP contribution in [0, 0.1) is 6.92 Å². The molecule has 3 rings (SSSR count). The lowest BCUT2D eigenvalue weighted by atomic mass is 10.2. The highest BCUT2D eigenvalue weighted by molar-refractivity contribution is 7.16. The maximum absolute atomic E-state index is 12.7. The summed E-state index contributed by atoms with van der Waals surface area (Å²) in [5, 5.41) is 0. The first-order chi connectivity index (χ1) is 13.6. The lowest BCUT2D eigenvalue weighted by Crippen LogP contribution is -2.16. The Bertz CT molecular complexity index is 1030. The first kappa shape index (κ1) is 20.1. The van der Waals surface area contributed by atoms with Crippen molar-refractivity contribution in [3.63, 3.8) is 0 Å². The van der Waals surface area contributed by atoms with Crippen molar-refractivity contribution in [2.45, 2.75) is 39.7 Å². The summed E-state index contributed by atoms with van der Waals surface area (Å²) < 4.78 is 8.87. The second-order valence-electron chi connectivity index (χ2n) is 6.70. The Morgan fingerprint density at radius 3 is 2.71 bits per heavy atom. The van der Waals surface area contributed by atoms with Gasteiger partial charge in [0.2, 0.25) is 0 Å². The molecule has 0 spiro atoms. The number of aryl methyl sites for hydroxylation is 1. The highest BCUT2D eigenvalue weighted by Gasteiger charge is 2.10. The molecule has 0 aliphatic heterocycles. The summed E-state index contributed by atoms with van der Waals surface area (Å²) >= 11 is 1.52. The molecular formula is C23H26N2O2S. The van der Waals surface area contributed by atoms with E-state index in [9.17, 15) is 4.79 Å². The van der Waals surface area contributed by atoms with Crippen LogP contribution >= 0.6 is 11.3 Å². The Labute approximate surface area is 169 Å². The van der Waals surface area contributed by atoms with Gasteiger partial charge in [-0.2, -0.15) is 4.99 Å². The summed E-state index contributed by atoms with van der Waals surface area (Å²) in [6.45, 7) is 9.39. The molecule has 0 radical (unpaired) electrons. The third kappa shape index (κ3) is 4.60. The predicted molar refractivity (Wildman–Crippen MR) is 116 cm³/mol. The van der Waals surface area contributed by atoms with Gasteiger partial charge in [-0.05, 0) is 49.2 Å². The molecule has 4 nitrogen and oxygen atoms in total. The van der Waals surface area contributed by atoms with Crippen LogP contribution in [-0.2, 0) is 6.54 Å². The number of unbranched alkanes of at least 4 members (excludes halogenated alkanes) is 2. The number of thiazole rings is 1. The molecule has 146 valence electrons. The summed E-state index contributed by atoms with van der Waals surface area (Å²) in [7, 11) is 0. The number of carbonyl (C=O) groups excluding carboxylic acids is 1. The second-order valence-corrected chi connectivity index (χ2v) is 7.71. The fourth-order valence-corrected chi connectivity index (χ4v) is 4.19. The van der Waals surface area contributed by atoms with Crippen LogP contribution in [-0.4, -0.2) is 17.1 Å². The molecule has 0 atom stereocenters. The van der Waals surface area contributed by atoms with E-state index >= 15 is 0 Å². The van der Waals surface area contributed by atoms with Crippen molar-refractivity contribution < 1.29 is 9.53 Å². The van der Waals surface area contributed by atoms with E-state index in [1.165, 1.54) is 17.8 Å². The van der Waals surface area contributed by atoms with Gasteiger partial charge in [-0.3, -0.25) is 4.79 Å². The smallest absolute Gasteiger partial charge is 0.279 e. The summed E-state index contributed by atoms with van der Waals surface area (Å²) in [5.74, 6) is 0.534. The van der Waals surface area contributed by atoms with Crippen molar-refractivity contribution in [1.82, 2.24) is 4.57 Å². The molecule has 0 aliphatic carbocycles. The van der Waals surface area contributed by atoms with Gasteiger partial charge in [0.1, 0.15) is 5.75 Å². The lowest BCUT2D eigenvalue weighted by Gasteiger charge is -2.06. The third-order valence-corrected chi connectivity index (χ3v) is 5.57. The number of aromatic nitrogens is 1. The molecule has 5 heteroatoms. The number of hydrogen-bond acceptors (Lipinski definition) is 3. The molecular weight excluding hydrogens is 368 g/mol. The van der Waals surface area contributed by atoms with Crippen molar-refractivity contribution in [2.75, 3.05) is 6.61 Å². The Balaban J connectivity index is 1.85. The van der Waals surface area contributed by atoms with Crippen LogP contribution in [0.4, 0.5) is 0 Å². The van der Waals surface area contributed by atoms with Gasteiger partial charge in [-0.15, -0.1) is 6.58 Å². The number of fused-ring (bicyclic) bond motifs is 1. The number of carbonyl (C=O) groups is 1. The number of amides is 1. The van der Waals surface area contributed by atoms with Crippen molar-refractivity contribution in [1.29, 1.82) is 0 Å². The van der Waals surface area contributed by atoms with E-state index in [4.69, 9.17) is 4.74 Å². The standard InChI is InChI=1S/C23H26N2O2S/c1-4-6-7-16-27-19-13-11-18(12-14-19)22(26)24-23-25(15-5-2)21-17(3)9-8-10-20(21)28-23/h5,8-14H,2,4,6-7,15-16H2,1,3H3. The minimum atomic E-state index is -0.250. The second kappa shape index (κ2) is 9.51. The molecule has 0 saturated heterocycles. The van der Waals surface area contributed by atoms with Gasteiger partial charge >= 0.3 is 0 Å². The molecule has 2 aromatic carbocycles. The van der Waals surface area contributed by atoms with E-state index in [0.29, 0.717) is 23.5 Å². The van der Waals surface area contributed by atoms with E-state index in [0.717, 1.165) is 34.4 Å². The molecule has 0 fully saturated rings. The van der Waals surface area contributed by atoms with E-state index in [-0.39, 0.29) is 5.91 Å². The fourth-order valence-electron chi connectivity index (χ4n) is 3.08. The van der Waals surface area contributed by atoms with Gasteiger partial charge in [0, 0.05) is 12.1 Å². The number of ether oxygens (including phenoxy) is 1. The van der Waals surface area contributed by atoms with Gasteiger partial charge in [0.15, 0.2) is 4.80 Å². The SMILES string of the molecule is C=CCn1c(=NC(=O)c2ccc(OCCCCC)cc2)sc2cccc(C)c21. The zero-order valence-electron chi connectivity index (χ0n) is 16.5. The van der Waals surface area contributed by atoms with Crippen molar-refractivity contribution >= 4 is 27.5 Å². The van der Waals surface area contributed by atoms with Crippen LogP contribution in [0.2, 0.25) is 0 Å². The summed E-state index contributed by atoms with van der Waals surface area (Å²) in [4.78, 5) is 17.8. The zero-order chi connectivity index (χ0) is 19.9. The van der Waals surface area contributed by atoms with Crippen LogP contribution in [0.15, 0.2) is 60.1 Å². The van der Waals surface area contributed by atoms with E-state index in [1.807, 2.05) is 28.8 Å². The summed E-state index contributed by atoms with van der Waals surface area (Å²) in [5.41, 5.74) is 2.82. The molecule has 0 N–H and O–H groups in total. The highest BCUT2D eigenvalue weighted by Crippen LogP contribution is 2.21. The number of rotatable bonds is 8. The van der Waals surface area contributed by atoms with E-state index in [1.54, 1.807) is 12.1 Å². The monoisotopic (exact) mass is 394 g/mol. The molecule has 0 unspecified atom stereocenters. The van der Waals surface area contributed by atoms with E-state index in [2.05, 4.69) is 37.6 Å². The Morgan fingerprint density at radius 2 is 2.00 bits per heavy atom. The van der Waals surface area contributed by atoms with Gasteiger partial charge in [0.25, 0.3) is 5.91 Å². The quantitative estimate of drug-likeness (QED) is 0.374. The Kier molecular flexibility index (Phi) is 6.82. The van der Waals surface area contributed by atoms with Gasteiger partial charge in [-0.25, -0.2) is 0 Å². The van der Waals surface area contributed by atoms with Crippen molar-refractivity contribution in [3.05, 3.63) is 71.0 Å². The largest absolute Gasteiger partial charge is 0.494 e. The molecule has 1 heterocycles. The third-order valence-electron chi connectivity index (χ3n) is 4.53. The number of nitrogens with zero attached hydrogens (tertiary/aromatic N) is 2. The molecule has 0 aliphatic rings. The Hall–Kier alpha value is -2.66. The van der Waals surface area contributed by atoms with Crippen LogP contribution in [0.1, 0.15) is 42.1 Å². The maximum Gasteiger partial charge on any atom is 0.279 e. The minimum absolute atomic E-state index is 0.250. The molecule has 1 aromatic heterocycles. The van der Waals surface area contributed by atoms with Crippen molar-refractivity contribution in [3.8, 4) is 5.75 Å². The lowest BCUT2D eigenvalue weighted by molar-refractivity contribution is 0.0998. The van der Waals surface area contributed by atoms with Crippen LogP contribution in [0.3, 0.4) is 0 Å². The van der Waals surface area contributed by atoms with Crippen LogP contribution < -0.4 is 9.54 Å². The van der Waals surface area contributed by atoms with Crippen molar-refractivity contribution in [2.24, 2.45) is 4.99 Å². The first-order valence-electron chi connectivity index (χ1n) is 9.65. The van der Waals surface area contributed by atoms with Gasteiger partial charge in [-0.1, -0.05) is 49.3 Å². The number of benzene rings is 2. The van der Waals surface area contributed by atoms with Crippen LogP contribution in [0.5, 0.6) is 5.75 Å². The van der Waals surface area contributed by atoms with Gasteiger partial charge < -0.3 is 9.30 Å². The maximum atomic E-state index is 12.7. The topological polar surface area (TPSA) is 43.6 Å². The number of para-hydroxylation sites is 1. The van der Waals surface area contributed by atoms with Gasteiger partial charge in [0.05, 0.1) is 16.8 Å². The average molecular weight is 395 g/mol. The first-order valence-corrected chi connectivity index (χ1v) is 10.5. The average Bonchev–Trinajstić information content (AvgIpc) is 3.04. The number of allylic oxidation sites excluding steroid dienone is 1. The molecule has 3 aromatic rings. The predicted octanol–water partition coefficient (Wildman–Crippen LogP) is 5.51. The molecule has 0 saturated carbocycles. The molecule has 0 bridgehead atoms. The Morgan fingerprint density at radius 1 is 1.21 bits per heavy atom. The summed E-state index contributed by atoms with van der Waals surface area (Å²) in [6, 6.07) is 13.4.